The van der Waals surface area contributed by atoms with Crippen molar-refractivity contribution < 1.29 is 9.72 Å². The first-order valence-electron chi connectivity index (χ1n) is 8.16. The molecule has 0 radical (unpaired) electrons. The van der Waals surface area contributed by atoms with Gasteiger partial charge in [-0.3, -0.25) is 19.9 Å². The molecule has 0 saturated heterocycles. The maximum absolute atomic E-state index is 12.2. The van der Waals surface area contributed by atoms with Gasteiger partial charge >= 0.3 is 0 Å². The summed E-state index contributed by atoms with van der Waals surface area (Å²) in [5.41, 5.74) is 3.33. The van der Waals surface area contributed by atoms with Crippen LogP contribution in [0.1, 0.15) is 16.1 Å². The molecule has 6 heteroatoms. The Morgan fingerprint density at radius 2 is 1.69 bits per heavy atom. The van der Waals surface area contributed by atoms with Gasteiger partial charge in [-0.1, -0.05) is 48.5 Å². The lowest BCUT2D eigenvalue weighted by Gasteiger charge is -2.06. The zero-order valence-electron chi connectivity index (χ0n) is 14.0. The van der Waals surface area contributed by atoms with Crippen molar-refractivity contribution in [2.45, 2.75) is 6.42 Å². The molecule has 1 heterocycles. The third-order valence-electron chi connectivity index (χ3n) is 3.95. The van der Waals surface area contributed by atoms with E-state index in [1.54, 1.807) is 24.4 Å². The van der Waals surface area contributed by atoms with Crippen LogP contribution in [0.3, 0.4) is 0 Å². The minimum Gasteiger partial charge on any atom is -0.350 e. The van der Waals surface area contributed by atoms with Crippen LogP contribution in [0.25, 0.3) is 11.1 Å². The van der Waals surface area contributed by atoms with Crippen LogP contribution in [0.2, 0.25) is 0 Å². The first kappa shape index (κ1) is 17.3. The minimum atomic E-state index is -0.434. The lowest BCUT2D eigenvalue weighted by Crippen LogP contribution is -2.26. The molecule has 0 atom stereocenters. The first-order valence-corrected chi connectivity index (χ1v) is 8.16. The number of rotatable bonds is 6. The molecule has 0 bridgehead atoms. The van der Waals surface area contributed by atoms with Crippen LogP contribution in [0, 0.1) is 10.1 Å². The molecular weight excluding hydrogens is 330 g/mol. The molecule has 0 aliphatic heterocycles. The number of pyridine rings is 1. The van der Waals surface area contributed by atoms with Crippen molar-refractivity contribution in [3.8, 4) is 11.1 Å². The summed E-state index contributed by atoms with van der Waals surface area (Å²) >= 11 is 0. The number of aromatic nitrogens is 1. The standard InChI is InChI=1S/C20H17N3O3/c24-20(21-13-12-15-6-9-18(10-7-15)23(25)26)19-11-8-17(14-22-19)16-4-2-1-3-5-16/h1-11,14H,12-13H2,(H,21,24). The Morgan fingerprint density at radius 3 is 2.31 bits per heavy atom. The van der Waals surface area contributed by atoms with E-state index >= 15 is 0 Å². The van der Waals surface area contributed by atoms with E-state index < -0.39 is 4.92 Å². The van der Waals surface area contributed by atoms with Crippen LogP contribution >= 0.6 is 0 Å². The van der Waals surface area contributed by atoms with E-state index in [-0.39, 0.29) is 11.6 Å². The largest absolute Gasteiger partial charge is 0.350 e. The van der Waals surface area contributed by atoms with Crippen molar-refractivity contribution in [3.05, 3.63) is 94.3 Å². The number of carbonyl (C=O) groups excluding carboxylic acids is 1. The molecule has 26 heavy (non-hydrogen) atoms. The molecule has 0 fully saturated rings. The van der Waals surface area contributed by atoms with Crippen LogP contribution < -0.4 is 5.32 Å². The van der Waals surface area contributed by atoms with Gasteiger partial charge in [0.15, 0.2) is 0 Å². The molecule has 3 aromatic rings. The average Bonchev–Trinajstić information content (AvgIpc) is 2.69. The Labute approximate surface area is 150 Å². The second kappa shape index (κ2) is 8.02. The summed E-state index contributed by atoms with van der Waals surface area (Å²) in [6.45, 7) is 0.429. The monoisotopic (exact) mass is 347 g/mol. The number of nitro benzene ring substituents is 1. The van der Waals surface area contributed by atoms with E-state index in [0.717, 1.165) is 16.7 Å². The number of non-ortho nitro benzene ring substituents is 1. The Kier molecular flexibility index (Phi) is 5.34. The van der Waals surface area contributed by atoms with Gasteiger partial charge in [0.1, 0.15) is 5.69 Å². The van der Waals surface area contributed by atoms with Crippen LogP contribution in [0.15, 0.2) is 72.9 Å². The zero-order chi connectivity index (χ0) is 18.4. The summed E-state index contributed by atoms with van der Waals surface area (Å²) in [7, 11) is 0. The highest BCUT2D eigenvalue weighted by Gasteiger charge is 2.08. The molecule has 1 N–H and O–H groups in total. The Hall–Kier alpha value is -3.54. The van der Waals surface area contributed by atoms with Crippen molar-refractivity contribution in [2.75, 3.05) is 6.54 Å². The van der Waals surface area contributed by atoms with Crippen molar-refractivity contribution >= 4 is 11.6 Å². The number of amides is 1. The summed E-state index contributed by atoms with van der Waals surface area (Å²) in [6, 6.07) is 19.7. The first-order chi connectivity index (χ1) is 12.6. The number of hydrogen-bond donors (Lipinski definition) is 1. The number of nitrogens with one attached hydrogen (secondary N) is 1. The van der Waals surface area contributed by atoms with Gasteiger partial charge in [-0.25, -0.2) is 0 Å². The molecule has 3 rings (SSSR count). The van der Waals surface area contributed by atoms with E-state index in [2.05, 4.69) is 10.3 Å². The normalized spacial score (nSPS) is 10.3. The lowest BCUT2D eigenvalue weighted by atomic mass is 10.1. The molecule has 0 saturated carbocycles. The molecule has 2 aromatic carbocycles. The predicted octanol–water partition coefficient (Wildman–Crippen LogP) is 3.63. The molecule has 1 aromatic heterocycles. The average molecular weight is 347 g/mol. The van der Waals surface area contributed by atoms with Gasteiger partial charge in [-0.15, -0.1) is 0 Å². The van der Waals surface area contributed by atoms with Crippen LogP contribution in [-0.4, -0.2) is 22.4 Å². The highest BCUT2D eigenvalue weighted by molar-refractivity contribution is 5.92. The Morgan fingerprint density at radius 1 is 0.962 bits per heavy atom. The maximum Gasteiger partial charge on any atom is 0.269 e. The maximum atomic E-state index is 12.2. The molecular formula is C20H17N3O3. The molecule has 6 nitrogen and oxygen atoms in total. The van der Waals surface area contributed by atoms with E-state index in [9.17, 15) is 14.9 Å². The van der Waals surface area contributed by atoms with Gasteiger partial charge in [0.25, 0.3) is 11.6 Å². The predicted molar refractivity (Wildman–Crippen MR) is 98.8 cm³/mol. The lowest BCUT2D eigenvalue weighted by molar-refractivity contribution is -0.384. The van der Waals surface area contributed by atoms with Crippen LogP contribution in [-0.2, 0) is 6.42 Å². The van der Waals surface area contributed by atoms with E-state index in [4.69, 9.17) is 0 Å². The summed E-state index contributed by atoms with van der Waals surface area (Å²) in [5, 5.41) is 13.4. The number of hydrogen-bond acceptors (Lipinski definition) is 4. The number of carbonyl (C=O) groups is 1. The van der Waals surface area contributed by atoms with Gasteiger partial charge in [-0.05, 0) is 23.6 Å². The number of benzene rings is 2. The van der Waals surface area contributed by atoms with Gasteiger partial charge in [0.05, 0.1) is 4.92 Å². The third kappa shape index (κ3) is 4.30. The van der Waals surface area contributed by atoms with Crippen LogP contribution in [0.4, 0.5) is 5.69 Å². The fraction of sp³-hybridized carbons (Fsp3) is 0.100. The van der Waals surface area contributed by atoms with E-state index in [1.165, 1.54) is 12.1 Å². The summed E-state index contributed by atoms with van der Waals surface area (Å²) in [5.74, 6) is -0.244. The number of nitro groups is 1. The van der Waals surface area contributed by atoms with Crippen LogP contribution in [0.5, 0.6) is 0 Å². The van der Waals surface area contributed by atoms with Gasteiger partial charge < -0.3 is 5.32 Å². The molecule has 0 spiro atoms. The Bertz CT molecular complexity index is 892. The molecule has 0 aliphatic carbocycles. The SMILES string of the molecule is O=C(NCCc1ccc([N+](=O)[O-])cc1)c1ccc(-c2ccccc2)cn1. The fourth-order valence-corrected chi connectivity index (χ4v) is 2.52. The number of nitrogens with zero attached hydrogens (tertiary/aromatic N) is 2. The van der Waals surface area contributed by atoms with Crippen molar-refractivity contribution in [1.29, 1.82) is 0 Å². The highest BCUT2D eigenvalue weighted by atomic mass is 16.6. The van der Waals surface area contributed by atoms with E-state index in [0.29, 0.717) is 18.7 Å². The van der Waals surface area contributed by atoms with Crippen molar-refractivity contribution in [1.82, 2.24) is 10.3 Å². The van der Waals surface area contributed by atoms with Crippen molar-refractivity contribution in [2.24, 2.45) is 0 Å². The summed E-state index contributed by atoms with van der Waals surface area (Å²) in [6.07, 6.45) is 2.27. The van der Waals surface area contributed by atoms with Gasteiger partial charge in [0, 0.05) is 30.4 Å². The third-order valence-corrected chi connectivity index (χ3v) is 3.95. The zero-order valence-corrected chi connectivity index (χ0v) is 14.0. The van der Waals surface area contributed by atoms with Gasteiger partial charge in [0.2, 0.25) is 0 Å². The molecule has 0 aliphatic rings. The Balaban J connectivity index is 1.54. The smallest absolute Gasteiger partial charge is 0.269 e. The second-order valence-electron chi connectivity index (χ2n) is 5.73. The molecule has 1 amide bonds. The highest BCUT2D eigenvalue weighted by Crippen LogP contribution is 2.17. The minimum absolute atomic E-state index is 0.0560. The second-order valence-corrected chi connectivity index (χ2v) is 5.73. The van der Waals surface area contributed by atoms with E-state index in [1.807, 2.05) is 36.4 Å². The summed E-state index contributed by atoms with van der Waals surface area (Å²) in [4.78, 5) is 26.6. The molecule has 0 unspecified atom stereocenters. The van der Waals surface area contributed by atoms with Gasteiger partial charge in [-0.2, -0.15) is 0 Å². The quantitative estimate of drug-likeness (QED) is 0.545. The van der Waals surface area contributed by atoms with Crippen molar-refractivity contribution in [3.63, 3.8) is 0 Å². The topological polar surface area (TPSA) is 85.1 Å². The fourth-order valence-electron chi connectivity index (χ4n) is 2.52. The summed E-state index contributed by atoms with van der Waals surface area (Å²) < 4.78 is 0. The molecule has 130 valence electrons.